The van der Waals surface area contributed by atoms with Crippen molar-refractivity contribution < 1.29 is 19.0 Å². The van der Waals surface area contributed by atoms with Gasteiger partial charge in [-0.1, -0.05) is 40.7 Å². The van der Waals surface area contributed by atoms with Gasteiger partial charge in [0.2, 0.25) is 12.5 Å². The monoisotopic (exact) mass is 463 g/mol. The summed E-state index contributed by atoms with van der Waals surface area (Å²) in [6.07, 6.45) is 1.29. The number of hydrogen-bond donors (Lipinski definition) is 0. The SMILES string of the molecule is COc1c2c(cc3c1[C@H](CC(=O)c1cc4c(cc1C)C(C)(C)[C@H](C)C4(C)C)N(C)CC3)OCO2. The fourth-order valence-electron chi connectivity index (χ4n) is 6.51. The fourth-order valence-corrected chi connectivity index (χ4v) is 6.51. The van der Waals surface area contributed by atoms with E-state index in [1.807, 2.05) is 0 Å². The molecule has 2 aliphatic heterocycles. The van der Waals surface area contributed by atoms with Gasteiger partial charge in [-0.25, -0.2) is 0 Å². The number of methoxy groups -OCH3 is 1. The lowest BCUT2D eigenvalue weighted by Crippen LogP contribution is -2.34. The van der Waals surface area contributed by atoms with Gasteiger partial charge < -0.3 is 14.2 Å². The Morgan fingerprint density at radius 2 is 1.79 bits per heavy atom. The molecule has 0 N–H and O–H groups in total. The molecule has 0 amide bonds. The average Bonchev–Trinajstić information content (AvgIpc) is 3.30. The van der Waals surface area contributed by atoms with Gasteiger partial charge in [0.25, 0.3) is 0 Å². The summed E-state index contributed by atoms with van der Waals surface area (Å²) in [5.74, 6) is 2.76. The quantitative estimate of drug-likeness (QED) is 0.541. The van der Waals surface area contributed by atoms with Crippen molar-refractivity contribution in [2.75, 3.05) is 27.5 Å². The van der Waals surface area contributed by atoms with Crippen molar-refractivity contribution in [3.8, 4) is 17.2 Å². The third-order valence-corrected chi connectivity index (χ3v) is 9.14. The molecule has 5 nitrogen and oxygen atoms in total. The van der Waals surface area contributed by atoms with Crippen LogP contribution >= 0.6 is 0 Å². The second kappa shape index (κ2) is 7.74. The van der Waals surface area contributed by atoms with Gasteiger partial charge in [-0.05, 0) is 71.5 Å². The minimum atomic E-state index is -0.0725. The van der Waals surface area contributed by atoms with Crippen molar-refractivity contribution >= 4 is 5.78 Å². The number of fused-ring (bicyclic) bond motifs is 3. The highest BCUT2D eigenvalue weighted by atomic mass is 16.7. The van der Waals surface area contributed by atoms with E-state index < -0.39 is 0 Å². The molecule has 3 aliphatic rings. The van der Waals surface area contributed by atoms with Gasteiger partial charge in [-0.15, -0.1) is 0 Å². The summed E-state index contributed by atoms with van der Waals surface area (Å²) in [5, 5.41) is 0. The molecule has 0 radical (unpaired) electrons. The van der Waals surface area contributed by atoms with Crippen LogP contribution in [0, 0.1) is 12.8 Å². The molecule has 182 valence electrons. The number of ketones is 1. The Morgan fingerprint density at radius 3 is 2.47 bits per heavy atom. The van der Waals surface area contributed by atoms with Crippen LogP contribution in [0.5, 0.6) is 17.2 Å². The van der Waals surface area contributed by atoms with E-state index in [4.69, 9.17) is 14.2 Å². The number of benzene rings is 2. The van der Waals surface area contributed by atoms with Gasteiger partial charge in [-0.3, -0.25) is 9.69 Å². The van der Waals surface area contributed by atoms with E-state index in [0.717, 1.165) is 35.4 Å². The van der Waals surface area contributed by atoms with E-state index in [2.05, 4.69) is 71.7 Å². The zero-order valence-corrected chi connectivity index (χ0v) is 21.8. The second-order valence-corrected chi connectivity index (χ2v) is 11.5. The average molecular weight is 464 g/mol. The molecule has 2 aromatic carbocycles. The van der Waals surface area contributed by atoms with Gasteiger partial charge >= 0.3 is 0 Å². The van der Waals surface area contributed by atoms with Gasteiger partial charge in [0.05, 0.1) is 7.11 Å². The Labute approximate surface area is 203 Å². The topological polar surface area (TPSA) is 48.0 Å². The van der Waals surface area contributed by atoms with Gasteiger partial charge in [0.1, 0.15) is 0 Å². The Balaban J connectivity index is 1.54. The van der Waals surface area contributed by atoms with Crippen molar-refractivity contribution in [3.05, 3.63) is 51.6 Å². The molecule has 2 heterocycles. The third-order valence-electron chi connectivity index (χ3n) is 9.14. The molecule has 0 bridgehead atoms. The molecular weight excluding hydrogens is 426 g/mol. The first-order chi connectivity index (χ1) is 16.0. The van der Waals surface area contributed by atoms with Crippen LogP contribution in [0.15, 0.2) is 18.2 Å². The smallest absolute Gasteiger partial charge is 0.231 e. The molecule has 0 spiro atoms. The molecule has 34 heavy (non-hydrogen) atoms. The van der Waals surface area contributed by atoms with Crippen LogP contribution < -0.4 is 14.2 Å². The highest BCUT2D eigenvalue weighted by Crippen LogP contribution is 2.54. The van der Waals surface area contributed by atoms with Gasteiger partial charge in [0, 0.05) is 30.1 Å². The maximum Gasteiger partial charge on any atom is 0.231 e. The number of aryl methyl sites for hydroxylation is 1. The van der Waals surface area contributed by atoms with Gasteiger partial charge in [0.15, 0.2) is 17.3 Å². The van der Waals surface area contributed by atoms with Crippen LogP contribution in [-0.4, -0.2) is 38.2 Å². The number of Topliss-reactive ketones (excluding diaryl/α,β-unsaturated/α-hetero) is 1. The van der Waals surface area contributed by atoms with Crippen LogP contribution in [0.3, 0.4) is 0 Å². The summed E-state index contributed by atoms with van der Waals surface area (Å²) in [6, 6.07) is 6.46. The van der Waals surface area contributed by atoms with Crippen molar-refractivity contribution in [1.29, 1.82) is 0 Å². The van der Waals surface area contributed by atoms with Crippen molar-refractivity contribution in [3.63, 3.8) is 0 Å². The van der Waals surface area contributed by atoms with Crippen LogP contribution in [0.1, 0.15) is 85.3 Å². The fraction of sp³-hybridized carbons (Fsp3) is 0.552. The summed E-state index contributed by atoms with van der Waals surface area (Å²) >= 11 is 0. The van der Waals surface area contributed by atoms with E-state index in [-0.39, 0.29) is 29.4 Å². The highest BCUT2D eigenvalue weighted by Gasteiger charge is 2.49. The maximum atomic E-state index is 13.9. The van der Waals surface area contributed by atoms with Crippen LogP contribution in [0.4, 0.5) is 0 Å². The summed E-state index contributed by atoms with van der Waals surface area (Å²) in [6.45, 7) is 14.8. The maximum absolute atomic E-state index is 13.9. The van der Waals surface area contributed by atoms with Crippen LogP contribution in [-0.2, 0) is 17.3 Å². The van der Waals surface area contributed by atoms with E-state index >= 15 is 0 Å². The van der Waals surface area contributed by atoms with E-state index in [1.165, 1.54) is 16.7 Å². The predicted octanol–water partition coefficient (Wildman–Crippen LogP) is 5.74. The number of nitrogens with zero attached hydrogens (tertiary/aromatic N) is 1. The zero-order chi connectivity index (χ0) is 24.6. The van der Waals surface area contributed by atoms with Crippen LogP contribution in [0.2, 0.25) is 0 Å². The molecular formula is C29H37NO4. The summed E-state index contributed by atoms with van der Waals surface area (Å²) in [5.41, 5.74) is 6.96. The first-order valence-corrected chi connectivity index (χ1v) is 12.4. The molecule has 0 fully saturated rings. The number of ether oxygens (including phenoxy) is 3. The molecule has 2 aromatic rings. The first kappa shape index (κ1) is 23.2. The van der Waals surface area contributed by atoms with Crippen molar-refractivity contribution in [2.45, 2.75) is 71.3 Å². The highest BCUT2D eigenvalue weighted by molar-refractivity contribution is 5.98. The summed E-state index contributed by atoms with van der Waals surface area (Å²) in [4.78, 5) is 16.1. The standard InChI is InChI=1S/C29H37NO4/c1-16-11-20-21(29(5,6)17(2)28(20,3)4)13-19(16)23(31)14-22-25-18(9-10-30(22)7)12-24-26(27(25)32-8)34-15-33-24/h11-13,17,22H,9-10,14-15H2,1-8H3/t17-,22-/m0/s1. The summed E-state index contributed by atoms with van der Waals surface area (Å²) in [7, 11) is 3.76. The molecule has 5 heteroatoms. The zero-order valence-electron chi connectivity index (χ0n) is 21.8. The molecule has 0 unspecified atom stereocenters. The first-order valence-electron chi connectivity index (χ1n) is 12.4. The Morgan fingerprint density at radius 1 is 1.12 bits per heavy atom. The predicted molar refractivity (Wildman–Crippen MR) is 134 cm³/mol. The lowest BCUT2D eigenvalue weighted by Gasteiger charge is -2.35. The Bertz CT molecular complexity index is 1180. The Kier molecular flexibility index (Phi) is 5.29. The Hall–Kier alpha value is -2.53. The molecule has 0 aromatic heterocycles. The summed E-state index contributed by atoms with van der Waals surface area (Å²) < 4.78 is 17.2. The normalized spacial score (nSPS) is 24.0. The molecule has 1 aliphatic carbocycles. The lowest BCUT2D eigenvalue weighted by molar-refractivity contribution is 0.0925. The second-order valence-electron chi connectivity index (χ2n) is 11.5. The molecule has 2 atom stereocenters. The van der Waals surface area contributed by atoms with Crippen LogP contribution in [0.25, 0.3) is 0 Å². The molecule has 0 saturated heterocycles. The molecule has 5 rings (SSSR count). The largest absolute Gasteiger partial charge is 0.492 e. The van der Waals surface area contributed by atoms with Gasteiger partial charge in [-0.2, -0.15) is 0 Å². The number of carbonyl (C=O) groups excluding carboxylic acids is 1. The number of rotatable bonds is 4. The van der Waals surface area contributed by atoms with E-state index in [0.29, 0.717) is 23.8 Å². The number of hydrogen-bond acceptors (Lipinski definition) is 5. The van der Waals surface area contributed by atoms with Crippen molar-refractivity contribution in [1.82, 2.24) is 4.90 Å². The number of likely N-dealkylation sites (N-methyl/N-ethyl adjacent to an activating group) is 1. The number of carbonyl (C=O) groups is 1. The van der Waals surface area contributed by atoms with E-state index in [9.17, 15) is 4.79 Å². The minimum absolute atomic E-state index is 0.0247. The lowest BCUT2D eigenvalue weighted by atomic mass is 9.71. The minimum Gasteiger partial charge on any atom is -0.492 e. The molecule has 0 saturated carbocycles. The van der Waals surface area contributed by atoms with E-state index in [1.54, 1.807) is 7.11 Å². The third kappa shape index (κ3) is 3.19. The van der Waals surface area contributed by atoms with Crippen molar-refractivity contribution in [2.24, 2.45) is 5.92 Å².